The van der Waals surface area contributed by atoms with Crippen LogP contribution in [-0.4, -0.2) is 33.7 Å². The molecule has 20 heavy (non-hydrogen) atoms. The van der Waals surface area contributed by atoms with E-state index in [-0.39, 0.29) is 12.4 Å². The topological polar surface area (TPSA) is 60.2 Å². The molecule has 0 fully saturated rings. The fraction of sp³-hybridized carbons (Fsp3) is 0.462. The van der Waals surface area contributed by atoms with Crippen molar-refractivity contribution in [1.29, 1.82) is 0 Å². The third kappa shape index (κ3) is 2.67. The third-order valence-corrected chi connectivity index (χ3v) is 4.14. The fourth-order valence-electron chi connectivity index (χ4n) is 2.22. The van der Waals surface area contributed by atoms with Gasteiger partial charge in [0, 0.05) is 30.9 Å². The number of anilines is 1. The number of ether oxygens (including phenoxy) is 1. The van der Waals surface area contributed by atoms with Crippen molar-refractivity contribution in [3.05, 3.63) is 29.3 Å². The van der Waals surface area contributed by atoms with Crippen LogP contribution in [0.2, 0.25) is 0 Å². The van der Waals surface area contributed by atoms with Crippen LogP contribution in [0.25, 0.3) is 0 Å². The SMILES string of the molecule is CCOC(=O)Cc1csc(N2CCn3ccnc3C2)n1. The van der Waals surface area contributed by atoms with Gasteiger partial charge in [-0.1, -0.05) is 0 Å². The summed E-state index contributed by atoms with van der Waals surface area (Å²) in [7, 11) is 0. The molecule has 0 bridgehead atoms. The van der Waals surface area contributed by atoms with Gasteiger partial charge in [0.1, 0.15) is 5.82 Å². The first-order valence-corrected chi connectivity index (χ1v) is 7.49. The Balaban J connectivity index is 1.67. The Labute approximate surface area is 121 Å². The van der Waals surface area contributed by atoms with E-state index in [1.807, 2.05) is 17.8 Å². The maximum Gasteiger partial charge on any atom is 0.311 e. The van der Waals surface area contributed by atoms with Crippen molar-refractivity contribution < 1.29 is 9.53 Å². The van der Waals surface area contributed by atoms with Crippen molar-refractivity contribution >= 4 is 22.4 Å². The van der Waals surface area contributed by atoms with E-state index in [0.717, 1.165) is 36.3 Å². The van der Waals surface area contributed by atoms with Crippen LogP contribution in [0.4, 0.5) is 5.13 Å². The van der Waals surface area contributed by atoms with E-state index < -0.39 is 0 Å². The van der Waals surface area contributed by atoms with Gasteiger partial charge in [-0.25, -0.2) is 9.97 Å². The molecule has 0 atom stereocenters. The lowest BCUT2D eigenvalue weighted by Crippen LogP contribution is -2.33. The minimum atomic E-state index is -0.224. The molecule has 0 aliphatic carbocycles. The summed E-state index contributed by atoms with van der Waals surface area (Å²) in [4.78, 5) is 22.5. The van der Waals surface area contributed by atoms with E-state index in [1.165, 1.54) is 0 Å². The highest BCUT2D eigenvalue weighted by Crippen LogP contribution is 2.24. The second-order valence-electron chi connectivity index (χ2n) is 4.56. The van der Waals surface area contributed by atoms with E-state index in [1.54, 1.807) is 18.3 Å². The quantitative estimate of drug-likeness (QED) is 0.799. The molecule has 3 rings (SSSR count). The molecule has 0 saturated heterocycles. The molecule has 0 aromatic carbocycles. The van der Waals surface area contributed by atoms with Gasteiger partial charge in [0.05, 0.1) is 25.3 Å². The van der Waals surface area contributed by atoms with Crippen LogP contribution in [0.15, 0.2) is 17.8 Å². The van der Waals surface area contributed by atoms with Crippen molar-refractivity contribution in [3.63, 3.8) is 0 Å². The Hall–Kier alpha value is -1.89. The molecule has 0 N–H and O–H groups in total. The highest BCUT2D eigenvalue weighted by Gasteiger charge is 2.19. The minimum absolute atomic E-state index is 0.224. The number of carbonyl (C=O) groups excluding carboxylic acids is 1. The summed E-state index contributed by atoms with van der Waals surface area (Å²) in [5.74, 6) is 0.830. The maximum absolute atomic E-state index is 11.4. The summed E-state index contributed by atoms with van der Waals surface area (Å²) in [5.41, 5.74) is 0.775. The van der Waals surface area contributed by atoms with E-state index >= 15 is 0 Å². The molecule has 2 aromatic rings. The second-order valence-corrected chi connectivity index (χ2v) is 5.40. The lowest BCUT2D eigenvalue weighted by molar-refractivity contribution is -0.142. The second kappa shape index (κ2) is 5.62. The van der Waals surface area contributed by atoms with Crippen molar-refractivity contribution in [2.75, 3.05) is 18.1 Å². The Morgan fingerprint density at radius 1 is 1.50 bits per heavy atom. The molecule has 3 heterocycles. The van der Waals surface area contributed by atoms with E-state index in [9.17, 15) is 4.79 Å². The number of esters is 1. The first-order chi connectivity index (χ1) is 9.76. The molecule has 0 radical (unpaired) electrons. The van der Waals surface area contributed by atoms with Gasteiger partial charge in [-0.15, -0.1) is 11.3 Å². The van der Waals surface area contributed by atoms with Crippen LogP contribution in [0.5, 0.6) is 0 Å². The van der Waals surface area contributed by atoms with Crippen molar-refractivity contribution in [2.45, 2.75) is 26.4 Å². The molecule has 106 valence electrons. The molecule has 1 aliphatic rings. The molecule has 0 unspecified atom stereocenters. The first kappa shape index (κ1) is 13.1. The third-order valence-electron chi connectivity index (χ3n) is 3.19. The smallest absolute Gasteiger partial charge is 0.311 e. The van der Waals surface area contributed by atoms with Crippen molar-refractivity contribution in [1.82, 2.24) is 14.5 Å². The number of hydrogen-bond donors (Lipinski definition) is 0. The zero-order valence-corrected chi connectivity index (χ0v) is 12.1. The van der Waals surface area contributed by atoms with Crippen LogP contribution in [0.3, 0.4) is 0 Å². The summed E-state index contributed by atoms with van der Waals surface area (Å²) in [6.07, 6.45) is 4.07. The highest BCUT2D eigenvalue weighted by atomic mass is 32.1. The fourth-order valence-corrected chi connectivity index (χ4v) is 3.07. The van der Waals surface area contributed by atoms with Crippen molar-refractivity contribution in [3.8, 4) is 0 Å². The lowest BCUT2D eigenvalue weighted by Gasteiger charge is -2.27. The van der Waals surface area contributed by atoms with E-state index in [0.29, 0.717) is 6.61 Å². The number of imidazole rings is 1. The summed E-state index contributed by atoms with van der Waals surface area (Å²) in [5, 5.41) is 2.87. The predicted molar refractivity (Wildman–Crippen MR) is 75.7 cm³/mol. The van der Waals surface area contributed by atoms with Gasteiger partial charge in [0.2, 0.25) is 0 Å². The van der Waals surface area contributed by atoms with Crippen molar-refractivity contribution in [2.24, 2.45) is 0 Å². The molecule has 0 saturated carbocycles. The number of hydrogen-bond acceptors (Lipinski definition) is 6. The number of nitrogens with zero attached hydrogens (tertiary/aromatic N) is 4. The maximum atomic E-state index is 11.4. The van der Waals surface area contributed by atoms with Gasteiger partial charge in [-0.05, 0) is 6.92 Å². The normalized spacial score (nSPS) is 14.2. The number of fused-ring (bicyclic) bond motifs is 1. The van der Waals surface area contributed by atoms with Crippen LogP contribution in [0.1, 0.15) is 18.4 Å². The van der Waals surface area contributed by atoms with Crippen LogP contribution >= 0.6 is 11.3 Å². The minimum Gasteiger partial charge on any atom is -0.466 e. The molecular formula is C13H16N4O2S. The summed E-state index contributed by atoms with van der Waals surface area (Å²) >= 11 is 1.56. The number of carbonyl (C=O) groups is 1. The number of rotatable bonds is 4. The molecule has 0 amide bonds. The monoisotopic (exact) mass is 292 g/mol. The summed E-state index contributed by atoms with van der Waals surface area (Å²) in [6.45, 7) is 4.81. The zero-order chi connectivity index (χ0) is 13.9. The summed E-state index contributed by atoms with van der Waals surface area (Å²) in [6, 6.07) is 0. The van der Waals surface area contributed by atoms with Gasteiger partial charge in [-0.2, -0.15) is 0 Å². The largest absolute Gasteiger partial charge is 0.466 e. The van der Waals surface area contributed by atoms with Gasteiger partial charge in [0.25, 0.3) is 0 Å². The lowest BCUT2D eigenvalue weighted by atomic mass is 10.3. The Bertz CT molecular complexity index is 607. The van der Waals surface area contributed by atoms with Gasteiger partial charge < -0.3 is 14.2 Å². The molecule has 1 aliphatic heterocycles. The predicted octanol–water partition coefficient (Wildman–Crippen LogP) is 1.47. The van der Waals surface area contributed by atoms with Crippen LogP contribution in [-0.2, 0) is 29.0 Å². The summed E-state index contributed by atoms with van der Waals surface area (Å²) < 4.78 is 7.09. The average molecular weight is 292 g/mol. The Morgan fingerprint density at radius 3 is 3.25 bits per heavy atom. The average Bonchev–Trinajstić information content (AvgIpc) is 3.06. The van der Waals surface area contributed by atoms with Crippen LogP contribution < -0.4 is 4.90 Å². The Morgan fingerprint density at radius 2 is 2.40 bits per heavy atom. The standard InChI is InChI=1S/C13H16N4O2S/c1-2-19-12(18)7-10-9-20-13(15-10)17-6-5-16-4-3-14-11(16)8-17/h3-4,9H,2,5-8H2,1H3. The molecule has 0 spiro atoms. The molecule has 6 nitrogen and oxygen atoms in total. The van der Waals surface area contributed by atoms with Gasteiger partial charge in [0.15, 0.2) is 5.13 Å². The first-order valence-electron chi connectivity index (χ1n) is 6.61. The number of thiazole rings is 1. The zero-order valence-electron chi connectivity index (χ0n) is 11.3. The molecule has 7 heteroatoms. The van der Waals surface area contributed by atoms with E-state index in [4.69, 9.17) is 4.74 Å². The highest BCUT2D eigenvalue weighted by molar-refractivity contribution is 7.13. The van der Waals surface area contributed by atoms with E-state index in [2.05, 4.69) is 19.4 Å². The van der Waals surface area contributed by atoms with Gasteiger partial charge >= 0.3 is 5.97 Å². The molecular weight excluding hydrogens is 276 g/mol. The Kier molecular flexibility index (Phi) is 3.68. The molecule has 2 aromatic heterocycles. The van der Waals surface area contributed by atoms with Gasteiger partial charge in [-0.3, -0.25) is 4.79 Å². The number of aromatic nitrogens is 3. The van der Waals surface area contributed by atoms with Crippen LogP contribution in [0, 0.1) is 0 Å².